The molecule has 0 aliphatic carbocycles. The minimum atomic E-state index is 0.308. The van der Waals surface area contributed by atoms with Gasteiger partial charge >= 0.3 is 0 Å². The molecule has 2 nitrogen and oxygen atoms in total. The van der Waals surface area contributed by atoms with Gasteiger partial charge in [0.1, 0.15) is 0 Å². The first kappa shape index (κ1) is 9.19. The first-order chi connectivity index (χ1) is 6.42. The lowest BCUT2D eigenvalue weighted by Crippen LogP contribution is -2.12. The summed E-state index contributed by atoms with van der Waals surface area (Å²) in [7, 11) is 0. The van der Waals surface area contributed by atoms with Gasteiger partial charge in [-0.25, -0.2) is 0 Å². The van der Waals surface area contributed by atoms with E-state index in [-0.39, 0.29) is 0 Å². The standard InChI is InChI=1S/C10H15NOS/c12-5-2-8-1-4-11-7-9-3-6-13-10(8)9/h3,6,8,11-12H,1-2,4-5,7H2. The van der Waals surface area contributed by atoms with Gasteiger partial charge in [-0.1, -0.05) is 0 Å². The van der Waals surface area contributed by atoms with E-state index in [1.165, 1.54) is 10.4 Å². The van der Waals surface area contributed by atoms with E-state index in [1.807, 2.05) is 11.3 Å². The highest BCUT2D eigenvalue weighted by molar-refractivity contribution is 7.10. The van der Waals surface area contributed by atoms with Crippen LogP contribution in [-0.2, 0) is 6.54 Å². The van der Waals surface area contributed by atoms with Crippen LogP contribution in [0.3, 0.4) is 0 Å². The molecule has 1 atom stereocenters. The molecule has 0 saturated carbocycles. The quantitative estimate of drug-likeness (QED) is 0.756. The van der Waals surface area contributed by atoms with Crippen LogP contribution in [0, 0.1) is 0 Å². The largest absolute Gasteiger partial charge is 0.396 e. The monoisotopic (exact) mass is 197 g/mol. The van der Waals surface area contributed by atoms with Crippen LogP contribution in [0.25, 0.3) is 0 Å². The number of thiophene rings is 1. The van der Waals surface area contributed by atoms with E-state index in [0.717, 1.165) is 25.9 Å². The van der Waals surface area contributed by atoms with Gasteiger partial charge < -0.3 is 10.4 Å². The smallest absolute Gasteiger partial charge is 0.0437 e. The van der Waals surface area contributed by atoms with Gasteiger partial charge in [-0.3, -0.25) is 0 Å². The van der Waals surface area contributed by atoms with Gasteiger partial charge in [-0.2, -0.15) is 0 Å². The number of aliphatic hydroxyl groups excluding tert-OH is 1. The second-order valence-corrected chi connectivity index (χ2v) is 4.43. The summed E-state index contributed by atoms with van der Waals surface area (Å²) in [4.78, 5) is 1.49. The zero-order chi connectivity index (χ0) is 9.10. The van der Waals surface area contributed by atoms with Crippen molar-refractivity contribution in [1.29, 1.82) is 0 Å². The van der Waals surface area contributed by atoms with Gasteiger partial charge in [-0.05, 0) is 42.3 Å². The minimum Gasteiger partial charge on any atom is -0.396 e. The summed E-state index contributed by atoms with van der Waals surface area (Å²) in [5, 5.41) is 14.5. The van der Waals surface area contributed by atoms with Crippen molar-refractivity contribution in [1.82, 2.24) is 5.32 Å². The summed E-state index contributed by atoms with van der Waals surface area (Å²) < 4.78 is 0. The lowest BCUT2D eigenvalue weighted by molar-refractivity contribution is 0.274. The van der Waals surface area contributed by atoms with Crippen molar-refractivity contribution in [2.24, 2.45) is 0 Å². The minimum absolute atomic E-state index is 0.308. The first-order valence-electron chi connectivity index (χ1n) is 4.79. The molecule has 0 radical (unpaired) electrons. The average Bonchev–Trinajstić information content (AvgIpc) is 2.52. The molecular formula is C10H15NOS. The molecule has 0 bridgehead atoms. The number of nitrogens with one attached hydrogen (secondary N) is 1. The second kappa shape index (κ2) is 4.22. The molecule has 0 fully saturated rings. The van der Waals surface area contributed by atoms with E-state index in [9.17, 15) is 0 Å². The Balaban J connectivity index is 2.20. The van der Waals surface area contributed by atoms with Crippen LogP contribution in [0.5, 0.6) is 0 Å². The Hall–Kier alpha value is -0.380. The van der Waals surface area contributed by atoms with Gasteiger partial charge in [0.05, 0.1) is 0 Å². The highest BCUT2D eigenvalue weighted by Gasteiger charge is 2.18. The van der Waals surface area contributed by atoms with E-state index >= 15 is 0 Å². The summed E-state index contributed by atoms with van der Waals surface area (Å²) in [5.41, 5.74) is 1.43. The summed E-state index contributed by atoms with van der Waals surface area (Å²) in [6.07, 6.45) is 2.07. The Kier molecular flexibility index (Phi) is 2.98. The third-order valence-electron chi connectivity index (χ3n) is 2.61. The molecule has 0 aromatic carbocycles. The van der Waals surface area contributed by atoms with Crippen LogP contribution in [0.2, 0.25) is 0 Å². The zero-order valence-electron chi connectivity index (χ0n) is 7.62. The number of fused-ring (bicyclic) bond motifs is 1. The Morgan fingerprint density at radius 1 is 1.62 bits per heavy atom. The topological polar surface area (TPSA) is 32.3 Å². The van der Waals surface area contributed by atoms with Crippen LogP contribution in [-0.4, -0.2) is 18.3 Å². The van der Waals surface area contributed by atoms with E-state index in [1.54, 1.807) is 0 Å². The maximum Gasteiger partial charge on any atom is 0.0437 e. The Morgan fingerprint density at radius 3 is 3.38 bits per heavy atom. The molecule has 1 aromatic rings. The van der Waals surface area contributed by atoms with Crippen molar-refractivity contribution in [2.45, 2.75) is 25.3 Å². The molecule has 0 amide bonds. The molecule has 1 aliphatic heterocycles. The molecule has 2 N–H and O–H groups in total. The van der Waals surface area contributed by atoms with Crippen LogP contribution in [0.4, 0.5) is 0 Å². The van der Waals surface area contributed by atoms with Crippen LogP contribution >= 0.6 is 11.3 Å². The number of aliphatic hydroxyl groups is 1. The van der Waals surface area contributed by atoms with E-state index in [4.69, 9.17) is 5.11 Å². The molecule has 2 heterocycles. The highest BCUT2D eigenvalue weighted by atomic mass is 32.1. The number of rotatable bonds is 2. The average molecular weight is 197 g/mol. The third kappa shape index (κ3) is 1.93. The van der Waals surface area contributed by atoms with Gasteiger partial charge in [0.15, 0.2) is 0 Å². The fraction of sp³-hybridized carbons (Fsp3) is 0.600. The predicted octanol–water partition coefficient (Wildman–Crippen LogP) is 1.71. The van der Waals surface area contributed by atoms with Gasteiger partial charge in [0.2, 0.25) is 0 Å². The molecule has 1 unspecified atom stereocenters. The molecule has 1 aromatic heterocycles. The van der Waals surface area contributed by atoms with Crippen molar-refractivity contribution >= 4 is 11.3 Å². The molecule has 2 rings (SSSR count). The van der Waals surface area contributed by atoms with Crippen molar-refractivity contribution in [3.05, 3.63) is 21.9 Å². The van der Waals surface area contributed by atoms with Crippen molar-refractivity contribution in [3.63, 3.8) is 0 Å². The van der Waals surface area contributed by atoms with E-state index in [2.05, 4.69) is 16.8 Å². The highest BCUT2D eigenvalue weighted by Crippen LogP contribution is 2.32. The van der Waals surface area contributed by atoms with Crippen molar-refractivity contribution < 1.29 is 5.11 Å². The summed E-state index contributed by atoms with van der Waals surface area (Å²) in [6.45, 7) is 2.38. The summed E-state index contributed by atoms with van der Waals surface area (Å²) in [5.74, 6) is 0.579. The predicted molar refractivity (Wildman–Crippen MR) is 55.1 cm³/mol. The van der Waals surface area contributed by atoms with Crippen LogP contribution < -0.4 is 5.32 Å². The van der Waals surface area contributed by atoms with Gasteiger partial charge in [0, 0.05) is 18.0 Å². The number of hydrogen-bond acceptors (Lipinski definition) is 3. The molecular weight excluding hydrogens is 182 g/mol. The molecule has 13 heavy (non-hydrogen) atoms. The maximum absolute atomic E-state index is 8.96. The summed E-state index contributed by atoms with van der Waals surface area (Å²) in [6, 6.07) is 2.20. The van der Waals surface area contributed by atoms with E-state index in [0.29, 0.717) is 12.5 Å². The Bertz CT molecular complexity index is 272. The third-order valence-corrected chi connectivity index (χ3v) is 3.74. The molecule has 0 spiro atoms. The lowest BCUT2D eigenvalue weighted by atomic mass is 9.98. The van der Waals surface area contributed by atoms with Crippen LogP contribution in [0.15, 0.2) is 11.4 Å². The fourth-order valence-electron chi connectivity index (χ4n) is 1.91. The van der Waals surface area contributed by atoms with Crippen molar-refractivity contribution in [3.8, 4) is 0 Å². The first-order valence-corrected chi connectivity index (χ1v) is 5.67. The number of hydrogen-bond donors (Lipinski definition) is 2. The maximum atomic E-state index is 8.96. The van der Waals surface area contributed by atoms with Gasteiger partial charge in [0.25, 0.3) is 0 Å². The SMILES string of the molecule is OCCC1CCNCc2ccsc21. The Labute approximate surface area is 82.6 Å². The Morgan fingerprint density at radius 2 is 2.54 bits per heavy atom. The van der Waals surface area contributed by atoms with Crippen LogP contribution in [0.1, 0.15) is 29.2 Å². The summed E-state index contributed by atoms with van der Waals surface area (Å²) >= 11 is 1.84. The normalized spacial score (nSPS) is 22.4. The lowest BCUT2D eigenvalue weighted by Gasteiger charge is -2.11. The molecule has 1 aliphatic rings. The molecule has 3 heteroatoms. The second-order valence-electron chi connectivity index (χ2n) is 3.48. The zero-order valence-corrected chi connectivity index (χ0v) is 8.44. The molecule has 72 valence electrons. The fourth-order valence-corrected chi connectivity index (χ4v) is 3.01. The molecule has 0 saturated heterocycles. The van der Waals surface area contributed by atoms with E-state index < -0.39 is 0 Å². The van der Waals surface area contributed by atoms with Gasteiger partial charge in [-0.15, -0.1) is 11.3 Å². The van der Waals surface area contributed by atoms with Crippen molar-refractivity contribution in [2.75, 3.05) is 13.2 Å².